The summed E-state index contributed by atoms with van der Waals surface area (Å²) in [5.74, 6) is 2.89. The van der Waals surface area contributed by atoms with Gasteiger partial charge in [-0.05, 0) is 18.6 Å². The van der Waals surface area contributed by atoms with Gasteiger partial charge in [-0.15, -0.1) is 11.8 Å². The molecule has 0 spiro atoms. The van der Waals surface area contributed by atoms with Gasteiger partial charge in [0.15, 0.2) is 5.76 Å². The van der Waals surface area contributed by atoms with Crippen LogP contribution in [0.15, 0.2) is 22.8 Å². The van der Waals surface area contributed by atoms with E-state index in [1.165, 1.54) is 0 Å². The predicted octanol–water partition coefficient (Wildman–Crippen LogP) is 3.09. The van der Waals surface area contributed by atoms with Gasteiger partial charge in [0.1, 0.15) is 0 Å². The number of rotatable bonds is 3. The molecule has 2 nitrogen and oxygen atoms in total. The van der Waals surface area contributed by atoms with Crippen molar-refractivity contribution in [2.75, 3.05) is 11.5 Å². The van der Waals surface area contributed by atoms with Crippen LogP contribution in [0.25, 0.3) is 0 Å². The Labute approximate surface area is 98.2 Å². The molecule has 0 bridgehead atoms. The highest BCUT2D eigenvalue weighted by molar-refractivity contribution is 8.07. The molecule has 82 valence electrons. The molecule has 1 aliphatic heterocycles. The van der Waals surface area contributed by atoms with Crippen molar-refractivity contribution in [2.24, 2.45) is 0 Å². The highest BCUT2D eigenvalue weighted by Crippen LogP contribution is 2.35. The van der Waals surface area contributed by atoms with Gasteiger partial charge in [0.25, 0.3) is 0 Å². The molecule has 0 amide bonds. The Hall–Kier alpha value is -0.350. The third kappa shape index (κ3) is 2.42. The molecule has 0 aromatic carbocycles. The van der Waals surface area contributed by atoms with Crippen molar-refractivity contribution in [3.63, 3.8) is 0 Å². The van der Waals surface area contributed by atoms with Crippen LogP contribution in [0.3, 0.4) is 0 Å². The van der Waals surface area contributed by atoms with Gasteiger partial charge >= 0.3 is 0 Å². The van der Waals surface area contributed by atoms with Crippen LogP contribution in [-0.2, 0) is 0 Å². The Morgan fingerprint density at radius 3 is 3.00 bits per heavy atom. The summed E-state index contributed by atoms with van der Waals surface area (Å²) < 4.78 is 5.17. The van der Waals surface area contributed by atoms with Gasteiger partial charge in [-0.3, -0.25) is 4.79 Å². The van der Waals surface area contributed by atoms with Crippen LogP contribution in [0.5, 0.6) is 0 Å². The standard InChI is InChI=1S/C11H14O2S2/c1-2-9-11(15-7-6-14-9)10(12)8-4-3-5-13-8/h3-5,9,11H,2,6-7H2,1H3. The summed E-state index contributed by atoms with van der Waals surface area (Å²) in [6.45, 7) is 2.14. The molecule has 1 aromatic heterocycles. The molecule has 0 saturated carbocycles. The number of ketones is 1. The molecule has 0 radical (unpaired) electrons. The zero-order valence-corrected chi connectivity index (χ0v) is 10.3. The van der Waals surface area contributed by atoms with Gasteiger partial charge < -0.3 is 4.42 Å². The smallest absolute Gasteiger partial charge is 0.211 e. The second-order valence-corrected chi connectivity index (χ2v) is 6.05. The highest BCUT2D eigenvalue weighted by Gasteiger charge is 2.32. The Morgan fingerprint density at radius 2 is 2.33 bits per heavy atom. The third-order valence-corrected chi connectivity index (χ3v) is 5.72. The van der Waals surface area contributed by atoms with Crippen molar-refractivity contribution in [1.29, 1.82) is 0 Å². The second-order valence-electron chi connectivity index (χ2n) is 3.45. The van der Waals surface area contributed by atoms with E-state index in [1.54, 1.807) is 30.2 Å². The van der Waals surface area contributed by atoms with Crippen molar-refractivity contribution >= 4 is 29.3 Å². The Bertz CT molecular complexity index is 321. The topological polar surface area (TPSA) is 30.2 Å². The van der Waals surface area contributed by atoms with Crippen LogP contribution in [0.4, 0.5) is 0 Å². The zero-order valence-electron chi connectivity index (χ0n) is 8.64. The number of carbonyl (C=O) groups excluding carboxylic acids is 1. The van der Waals surface area contributed by atoms with Crippen LogP contribution < -0.4 is 0 Å². The summed E-state index contributed by atoms with van der Waals surface area (Å²) in [6, 6.07) is 3.53. The van der Waals surface area contributed by atoms with Crippen LogP contribution >= 0.6 is 23.5 Å². The molecule has 15 heavy (non-hydrogen) atoms. The molecule has 1 aromatic rings. The van der Waals surface area contributed by atoms with Crippen molar-refractivity contribution in [2.45, 2.75) is 23.8 Å². The van der Waals surface area contributed by atoms with Crippen molar-refractivity contribution in [3.05, 3.63) is 24.2 Å². The summed E-state index contributed by atoms with van der Waals surface area (Å²) in [4.78, 5) is 12.1. The maximum Gasteiger partial charge on any atom is 0.211 e. The van der Waals surface area contributed by atoms with Gasteiger partial charge in [0.05, 0.1) is 11.5 Å². The van der Waals surface area contributed by atoms with Gasteiger partial charge in [-0.2, -0.15) is 11.8 Å². The van der Waals surface area contributed by atoms with E-state index in [-0.39, 0.29) is 11.0 Å². The number of hydrogen-bond acceptors (Lipinski definition) is 4. The number of hydrogen-bond donors (Lipinski definition) is 0. The van der Waals surface area contributed by atoms with Crippen molar-refractivity contribution < 1.29 is 9.21 Å². The molecule has 2 heterocycles. The minimum absolute atomic E-state index is 0.0832. The maximum absolute atomic E-state index is 12.1. The fourth-order valence-electron chi connectivity index (χ4n) is 1.70. The molecule has 2 rings (SSSR count). The first kappa shape index (κ1) is 11.1. The van der Waals surface area contributed by atoms with Gasteiger partial charge in [-0.25, -0.2) is 0 Å². The molecule has 0 aliphatic carbocycles. The minimum Gasteiger partial charge on any atom is -0.461 e. The monoisotopic (exact) mass is 242 g/mol. The van der Waals surface area contributed by atoms with Crippen LogP contribution in [-0.4, -0.2) is 27.8 Å². The van der Waals surface area contributed by atoms with Crippen molar-refractivity contribution in [3.8, 4) is 0 Å². The van der Waals surface area contributed by atoms with Crippen molar-refractivity contribution in [1.82, 2.24) is 0 Å². The molecular weight excluding hydrogens is 228 g/mol. The first-order chi connectivity index (χ1) is 7.33. The van der Waals surface area contributed by atoms with Gasteiger partial charge in [-0.1, -0.05) is 6.92 Å². The Balaban J connectivity index is 2.11. The number of thioether (sulfide) groups is 2. The lowest BCUT2D eigenvalue weighted by Crippen LogP contribution is -2.32. The first-order valence-corrected chi connectivity index (χ1v) is 7.23. The van der Waals surface area contributed by atoms with Crippen LogP contribution in [0.2, 0.25) is 0 Å². The first-order valence-electron chi connectivity index (χ1n) is 5.14. The van der Waals surface area contributed by atoms with E-state index in [0.29, 0.717) is 11.0 Å². The molecule has 2 atom stereocenters. The lowest BCUT2D eigenvalue weighted by Gasteiger charge is -2.27. The van der Waals surface area contributed by atoms with Gasteiger partial charge in [0, 0.05) is 16.8 Å². The number of carbonyl (C=O) groups is 1. The van der Waals surface area contributed by atoms with Crippen LogP contribution in [0.1, 0.15) is 23.9 Å². The van der Waals surface area contributed by atoms with E-state index in [0.717, 1.165) is 17.9 Å². The van der Waals surface area contributed by atoms with E-state index in [2.05, 4.69) is 6.92 Å². The van der Waals surface area contributed by atoms with E-state index < -0.39 is 0 Å². The molecule has 4 heteroatoms. The molecule has 1 fully saturated rings. The number of Topliss-reactive ketones (excluding diaryl/α,β-unsaturated/α-hetero) is 1. The molecule has 0 N–H and O–H groups in total. The Kier molecular flexibility index (Phi) is 3.81. The molecule has 1 aliphatic rings. The lowest BCUT2D eigenvalue weighted by atomic mass is 10.1. The average Bonchev–Trinajstić information content (AvgIpc) is 2.81. The quantitative estimate of drug-likeness (QED) is 0.762. The zero-order chi connectivity index (χ0) is 10.7. The lowest BCUT2D eigenvalue weighted by molar-refractivity contribution is 0.0961. The van der Waals surface area contributed by atoms with Crippen LogP contribution in [0, 0.1) is 0 Å². The van der Waals surface area contributed by atoms with E-state index >= 15 is 0 Å². The average molecular weight is 242 g/mol. The molecule has 2 unspecified atom stereocenters. The summed E-state index contributed by atoms with van der Waals surface area (Å²) in [7, 11) is 0. The predicted molar refractivity (Wildman–Crippen MR) is 65.8 cm³/mol. The fraction of sp³-hybridized carbons (Fsp3) is 0.545. The summed E-state index contributed by atoms with van der Waals surface area (Å²) in [5, 5.41) is 0.529. The van der Waals surface area contributed by atoms with E-state index in [9.17, 15) is 4.79 Å². The molecular formula is C11H14O2S2. The largest absolute Gasteiger partial charge is 0.461 e. The summed E-state index contributed by atoms with van der Waals surface area (Å²) in [5.41, 5.74) is 0. The van der Waals surface area contributed by atoms with E-state index in [4.69, 9.17) is 4.42 Å². The molecule has 1 saturated heterocycles. The Morgan fingerprint density at radius 1 is 1.53 bits per heavy atom. The normalized spacial score (nSPS) is 26.5. The summed E-state index contributed by atoms with van der Waals surface area (Å²) >= 11 is 3.69. The second kappa shape index (κ2) is 5.12. The highest BCUT2D eigenvalue weighted by atomic mass is 32.2. The number of furan rings is 1. The fourth-order valence-corrected chi connectivity index (χ4v) is 4.71. The SMILES string of the molecule is CCC1SCCSC1C(=O)c1ccco1. The van der Waals surface area contributed by atoms with E-state index in [1.807, 2.05) is 11.8 Å². The third-order valence-electron chi connectivity index (χ3n) is 2.48. The maximum atomic E-state index is 12.1. The summed E-state index contributed by atoms with van der Waals surface area (Å²) in [6.07, 6.45) is 2.61. The minimum atomic E-state index is 0.0832. The van der Waals surface area contributed by atoms with Gasteiger partial charge in [0.2, 0.25) is 5.78 Å².